The molecule has 1 saturated carbocycles. The molecule has 3 rings (SSSR count). The maximum Gasteiger partial charge on any atom is 0.325 e. The quantitative estimate of drug-likeness (QED) is 0.683. The summed E-state index contributed by atoms with van der Waals surface area (Å²) >= 11 is 0. The molecule has 23 heavy (non-hydrogen) atoms. The second-order valence-corrected chi connectivity index (χ2v) is 9.09. The summed E-state index contributed by atoms with van der Waals surface area (Å²) in [6.45, 7) is 1.35. The van der Waals surface area contributed by atoms with Gasteiger partial charge >= 0.3 is 6.03 Å². The molecule has 2 heterocycles. The molecule has 0 unspecified atom stereocenters. The van der Waals surface area contributed by atoms with Crippen molar-refractivity contribution in [2.24, 2.45) is 5.92 Å². The number of likely N-dealkylation sites (N-methyl/N-ethyl adjacent to an activating group) is 1. The van der Waals surface area contributed by atoms with Crippen molar-refractivity contribution in [3.8, 4) is 0 Å². The highest BCUT2D eigenvalue weighted by molar-refractivity contribution is 7.91. The Balaban J connectivity index is 1.66. The third kappa shape index (κ3) is 2.82. The third-order valence-electron chi connectivity index (χ3n) is 5.14. The number of amides is 4. The first kappa shape index (κ1) is 16.2. The molecule has 9 heteroatoms. The molecule has 1 aliphatic carbocycles. The van der Waals surface area contributed by atoms with Crippen molar-refractivity contribution in [1.82, 2.24) is 15.1 Å². The number of nitrogens with zero attached hydrogens (tertiary/aromatic N) is 2. The fourth-order valence-corrected chi connectivity index (χ4v) is 5.10. The predicted molar refractivity (Wildman–Crippen MR) is 81.2 cm³/mol. The molecule has 2 atom stereocenters. The lowest BCUT2D eigenvalue weighted by atomic mass is 9.96. The van der Waals surface area contributed by atoms with E-state index in [4.69, 9.17) is 0 Å². The lowest BCUT2D eigenvalue weighted by Crippen LogP contribution is -2.48. The number of sulfone groups is 1. The van der Waals surface area contributed by atoms with Crippen molar-refractivity contribution in [1.29, 1.82) is 0 Å². The summed E-state index contributed by atoms with van der Waals surface area (Å²) in [5, 5.41) is 2.69. The molecule has 4 amide bonds. The Morgan fingerprint density at radius 1 is 1.35 bits per heavy atom. The van der Waals surface area contributed by atoms with Crippen LogP contribution in [0.1, 0.15) is 26.2 Å². The Morgan fingerprint density at radius 2 is 2.00 bits per heavy atom. The smallest absolute Gasteiger partial charge is 0.325 e. The molecule has 3 aliphatic rings. The summed E-state index contributed by atoms with van der Waals surface area (Å²) in [5.74, 6) is -0.647. The van der Waals surface area contributed by atoms with E-state index in [1.165, 1.54) is 11.9 Å². The van der Waals surface area contributed by atoms with Crippen molar-refractivity contribution >= 4 is 27.7 Å². The molecule has 0 aromatic rings. The molecular weight excluding hydrogens is 322 g/mol. The summed E-state index contributed by atoms with van der Waals surface area (Å²) < 4.78 is 23.0. The van der Waals surface area contributed by atoms with Gasteiger partial charge in [-0.05, 0) is 32.1 Å². The van der Waals surface area contributed by atoms with Crippen molar-refractivity contribution in [2.75, 3.05) is 25.1 Å². The first-order valence-corrected chi connectivity index (χ1v) is 9.56. The lowest BCUT2D eigenvalue weighted by molar-refractivity contribution is -0.139. The van der Waals surface area contributed by atoms with Crippen LogP contribution in [0.2, 0.25) is 0 Å². The van der Waals surface area contributed by atoms with E-state index in [1.807, 2.05) is 0 Å². The Labute approximate surface area is 135 Å². The van der Waals surface area contributed by atoms with Crippen LogP contribution < -0.4 is 5.32 Å². The molecule has 0 bridgehead atoms. The number of urea groups is 1. The van der Waals surface area contributed by atoms with E-state index in [2.05, 4.69) is 5.32 Å². The second kappa shape index (κ2) is 5.19. The highest BCUT2D eigenvalue weighted by atomic mass is 32.2. The molecule has 2 aliphatic heterocycles. The summed E-state index contributed by atoms with van der Waals surface area (Å²) in [6, 6.07) is -0.937. The minimum atomic E-state index is -3.10. The average Bonchev–Trinajstić information content (AvgIpc) is 3.23. The fraction of sp³-hybridized carbons (Fsp3) is 0.786. The van der Waals surface area contributed by atoms with Crippen LogP contribution in [0.3, 0.4) is 0 Å². The van der Waals surface area contributed by atoms with Crippen LogP contribution >= 0.6 is 0 Å². The van der Waals surface area contributed by atoms with Gasteiger partial charge in [0.15, 0.2) is 9.84 Å². The van der Waals surface area contributed by atoms with E-state index in [0.717, 1.165) is 17.7 Å². The number of hydrogen-bond donors (Lipinski definition) is 1. The van der Waals surface area contributed by atoms with Gasteiger partial charge in [0.05, 0.1) is 11.5 Å². The lowest BCUT2D eigenvalue weighted by Gasteiger charge is -2.25. The Bertz CT molecular complexity index is 672. The molecular formula is C14H21N3O5S. The molecule has 0 radical (unpaired) electrons. The van der Waals surface area contributed by atoms with Gasteiger partial charge in [-0.2, -0.15) is 0 Å². The van der Waals surface area contributed by atoms with E-state index in [9.17, 15) is 22.8 Å². The largest absolute Gasteiger partial charge is 0.340 e. The predicted octanol–water partition coefficient (Wildman–Crippen LogP) is -0.648. The maximum absolute atomic E-state index is 12.5. The van der Waals surface area contributed by atoms with Gasteiger partial charge in [0.2, 0.25) is 5.91 Å². The zero-order chi connectivity index (χ0) is 17.0. The topological polar surface area (TPSA) is 104 Å². The van der Waals surface area contributed by atoms with Crippen molar-refractivity contribution in [3.05, 3.63) is 0 Å². The van der Waals surface area contributed by atoms with Crippen molar-refractivity contribution < 1.29 is 22.8 Å². The van der Waals surface area contributed by atoms with Crippen LogP contribution in [-0.4, -0.2) is 72.7 Å². The molecule has 8 nitrogen and oxygen atoms in total. The molecule has 0 aromatic carbocycles. The highest BCUT2D eigenvalue weighted by Crippen LogP contribution is 2.42. The summed E-state index contributed by atoms with van der Waals surface area (Å²) in [7, 11) is -1.58. The zero-order valence-electron chi connectivity index (χ0n) is 13.2. The van der Waals surface area contributed by atoms with Crippen LogP contribution in [0.25, 0.3) is 0 Å². The van der Waals surface area contributed by atoms with Crippen LogP contribution in [0.5, 0.6) is 0 Å². The average molecular weight is 343 g/mol. The number of carbonyl (C=O) groups is 3. The van der Waals surface area contributed by atoms with Gasteiger partial charge in [-0.25, -0.2) is 13.2 Å². The minimum absolute atomic E-state index is 0.0603. The normalized spacial score (nSPS) is 33.0. The summed E-state index contributed by atoms with van der Waals surface area (Å²) in [5.41, 5.74) is -0.910. The number of nitrogens with one attached hydrogen (secondary N) is 1. The van der Waals surface area contributed by atoms with Crippen LogP contribution in [-0.2, 0) is 19.4 Å². The first-order chi connectivity index (χ1) is 10.6. The van der Waals surface area contributed by atoms with E-state index in [-0.39, 0.29) is 35.9 Å². The van der Waals surface area contributed by atoms with Gasteiger partial charge < -0.3 is 10.2 Å². The number of rotatable bonds is 4. The van der Waals surface area contributed by atoms with Crippen LogP contribution in [0.15, 0.2) is 0 Å². The molecule has 0 spiro atoms. The highest BCUT2D eigenvalue weighted by Gasteiger charge is 2.56. The Kier molecular flexibility index (Phi) is 3.66. The van der Waals surface area contributed by atoms with Crippen LogP contribution in [0, 0.1) is 5.92 Å². The SMILES string of the molecule is CN(C(=O)CN1C(=O)N[C@@](C)(C2CC2)C1=O)[C@@H]1CCS(=O)(=O)C1. The molecule has 128 valence electrons. The van der Waals surface area contributed by atoms with Gasteiger partial charge in [-0.3, -0.25) is 14.5 Å². The third-order valence-corrected chi connectivity index (χ3v) is 6.89. The molecule has 1 N–H and O–H groups in total. The zero-order valence-corrected chi connectivity index (χ0v) is 14.1. The van der Waals surface area contributed by atoms with Gasteiger partial charge in [-0.1, -0.05) is 0 Å². The summed E-state index contributed by atoms with van der Waals surface area (Å²) in [6.07, 6.45) is 2.18. The standard InChI is InChI=1S/C14H21N3O5S/c1-14(9-3-4-9)12(19)17(13(20)15-14)7-11(18)16(2)10-5-6-23(21,22)8-10/h9-10H,3-8H2,1-2H3,(H,15,20)/t10-,14+/m1/s1. The Hall–Kier alpha value is -1.64. The van der Waals surface area contributed by atoms with E-state index in [1.54, 1.807) is 6.92 Å². The van der Waals surface area contributed by atoms with E-state index < -0.39 is 27.3 Å². The van der Waals surface area contributed by atoms with Gasteiger partial charge in [-0.15, -0.1) is 0 Å². The molecule has 2 saturated heterocycles. The van der Waals surface area contributed by atoms with Gasteiger partial charge in [0.1, 0.15) is 12.1 Å². The van der Waals surface area contributed by atoms with Gasteiger partial charge in [0.25, 0.3) is 5.91 Å². The monoisotopic (exact) mass is 343 g/mol. The van der Waals surface area contributed by atoms with E-state index >= 15 is 0 Å². The number of carbonyl (C=O) groups excluding carboxylic acids is 3. The second-order valence-electron chi connectivity index (χ2n) is 6.86. The minimum Gasteiger partial charge on any atom is -0.340 e. The van der Waals surface area contributed by atoms with Gasteiger partial charge in [0, 0.05) is 13.1 Å². The molecule has 3 fully saturated rings. The maximum atomic E-state index is 12.5. The Morgan fingerprint density at radius 3 is 2.52 bits per heavy atom. The molecule has 0 aromatic heterocycles. The van der Waals surface area contributed by atoms with Crippen LogP contribution in [0.4, 0.5) is 4.79 Å². The number of hydrogen-bond acceptors (Lipinski definition) is 5. The van der Waals surface area contributed by atoms with Crippen molar-refractivity contribution in [2.45, 2.75) is 37.8 Å². The first-order valence-electron chi connectivity index (χ1n) is 7.74. The number of imide groups is 1. The fourth-order valence-electron chi connectivity index (χ4n) is 3.33. The summed E-state index contributed by atoms with van der Waals surface area (Å²) in [4.78, 5) is 39.2. The van der Waals surface area contributed by atoms with E-state index in [0.29, 0.717) is 6.42 Å². The van der Waals surface area contributed by atoms with Crippen molar-refractivity contribution in [3.63, 3.8) is 0 Å².